The van der Waals surface area contributed by atoms with E-state index < -0.39 is 0 Å². The second-order valence-corrected chi connectivity index (χ2v) is 6.60. The fraction of sp³-hybridized carbons (Fsp3) is 0.588. The number of para-hydroxylation sites is 1. The molecule has 122 valence electrons. The largest absolute Gasteiger partial charge is 0.360 e. The number of hydrogen-bond donors (Lipinski definition) is 1. The molecule has 1 N–H and O–H groups in total. The predicted molar refractivity (Wildman–Crippen MR) is 94.8 cm³/mol. The number of thioether (sulfide) groups is 1. The lowest BCUT2D eigenvalue weighted by Gasteiger charge is -2.30. The van der Waals surface area contributed by atoms with Crippen molar-refractivity contribution in [2.45, 2.75) is 25.2 Å². The van der Waals surface area contributed by atoms with Crippen LogP contribution in [0.2, 0.25) is 0 Å². The third-order valence-corrected chi connectivity index (χ3v) is 5.07. The Kier molecular flexibility index (Phi) is 7.06. The molecule has 0 saturated heterocycles. The summed E-state index contributed by atoms with van der Waals surface area (Å²) in [6, 6.07) is 8.34. The summed E-state index contributed by atoms with van der Waals surface area (Å²) in [5.74, 6) is 1.17. The van der Waals surface area contributed by atoms with Crippen LogP contribution in [0.25, 0.3) is 0 Å². The van der Waals surface area contributed by atoms with Crippen LogP contribution in [0.4, 0.5) is 5.69 Å². The fourth-order valence-electron chi connectivity index (χ4n) is 2.69. The predicted octanol–water partition coefficient (Wildman–Crippen LogP) is 2.45. The fourth-order valence-corrected chi connectivity index (χ4v) is 3.74. The van der Waals surface area contributed by atoms with Crippen LogP contribution in [0.1, 0.15) is 20.3 Å². The molecule has 2 rings (SSSR count). The smallest absolute Gasteiger partial charge is 0.239 e. The van der Waals surface area contributed by atoms with Crippen molar-refractivity contribution in [1.29, 1.82) is 0 Å². The summed E-state index contributed by atoms with van der Waals surface area (Å²) < 4.78 is 0. The van der Waals surface area contributed by atoms with E-state index in [1.165, 1.54) is 10.6 Å². The van der Waals surface area contributed by atoms with Gasteiger partial charge in [0.1, 0.15) is 0 Å². The molecule has 0 atom stereocenters. The molecule has 1 aromatic rings. The van der Waals surface area contributed by atoms with E-state index in [0.717, 1.165) is 44.9 Å². The maximum Gasteiger partial charge on any atom is 0.239 e. The maximum atomic E-state index is 12.1. The highest BCUT2D eigenvalue weighted by Crippen LogP contribution is 2.33. The monoisotopic (exact) mass is 321 g/mol. The van der Waals surface area contributed by atoms with Crippen molar-refractivity contribution in [2.24, 2.45) is 0 Å². The molecule has 0 radical (unpaired) electrons. The number of nitrogens with zero attached hydrogens (tertiary/aromatic N) is 2. The standard InChI is InChI=1S/C17H27N3OS/c1-3-19(4-2)11-7-10-18-17(21)14-20-12-13-22-16-9-6-5-8-15(16)20/h5-6,8-9H,3-4,7,10-14H2,1-2H3,(H,18,21). The van der Waals surface area contributed by atoms with Crippen LogP contribution in [0, 0.1) is 0 Å². The lowest BCUT2D eigenvalue weighted by molar-refractivity contribution is -0.119. The SMILES string of the molecule is CCN(CC)CCCNC(=O)CN1CCSc2ccccc21. The van der Waals surface area contributed by atoms with Gasteiger partial charge in [-0.3, -0.25) is 4.79 Å². The molecule has 1 aliphatic heterocycles. The molecular formula is C17H27N3OS. The summed E-state index contributed by atoms with van der Waals surface area (Å²) in [6.07, 6.45) is 1.01. The number of rotatable bonds is 8. The number of hydrogen-bond acceptors (Lipinski definition) is 4. The second-order valence-electron chi connectivity index (χ2n) is 5.47. The summed E-state index contributed by atoms with van der Waals surface area (Å²) in [5, 5.41) is 3.05. The molecule has 0 saturated carbocycles. The van der Waals surface area contributed by atoms with E-state index in [1.807, 2.05) is 17.8 Å². The Hall–Kier alpha value is -1.20. The quantitative estimate of drug-likeness (QED) is 0.746. The molecule has 0 bridgehead atoms. The molecule has 1 heterocycles. The van der Waals surface area contributed by atoms with Crippen molar-refractivity contribution >= 4 is 23.4 Å². The Bertz CT molecular complexity index is 477. The summed E-state index contributed by atoms with van der Waals surface area (Å²) in [4.78, 5) is 18.0. The first kappa shape index (κ1) is 17.2. The van der Waals surface area contributed by atoms with Crippen LogP contribution in [0.15, 0.2) is 29.2 Å². The molecule has 0 unspecified atom stereocenters. The lowest BCUT2D eigenvalue weighted by atomic mass is 10.2. The van der Waals surface area contributed by atoms with Crippen molar-refractivity contribution in [2.75, 3.05) is 49.9 Å². The molecule has 1 aliphatic rings. The molecule has 0 spiro atoms. The number of fused-ring (bicyclic) bond motifs is 1. The van der Waals surface area contributed by atoms with E-state index >= 15 is 0 Å². The zero-order valence-electron chi connectivity index (χ0n) is 13.7. The Balaban J connectivity index is 1.74. The summed E-state index contributed by atoms with van der Waals surface area (Å²) in [7, 11) is 0. The molecule has 0 fully saturated rings. The third kappa shape index (κ3) is 4.92. The minimum atomic E-state index is 0.126. The maximum absolute atomic E-state index is 12.1. The molecule has 1 aromatic carbocycles. The van der Waals surface area contributed by atoms with Gasteiger partial charge < -0.3 is 15.1 Å². The van der Waals surface area contributed by atoms with E-state index in [1.54, 1.807) is 0 Å². The highest BCUT2D eigenvalue weighted by molar-refractivity contribution is 7.99. The molecule has 5 heteroatoms. The normalized spacial score (nSPS) is 14.0. The van der Waals surface area contributed by atoms with Gasteiger partial charge in [-0.2, -0.15) is 0 Å². The summed E-state index contributed by atoms with van der Waals surface area (Å²) in [6.45, 7) is 9.72. The number of nitrogens with one attached hydrogen (secondary N) is 1. The Morgan fingerprint density at radius 1 is 1.32 bits per heavy atom. The molecule has 22 heavy (non-hydrogen) atoms. The first-order chi connectivity index (χ1) is 10.7. The van der Waals surface area contributed by atoms with Gasteiger partial charge in [-0.25, -0.2) is 0 Å². The van der Waals surface area contributed by atoms with Crippen LogP contribution < -0.4 is 10.2 Å². The van der Waals surface area contributed by atoms with Crippen LogP contribution in [0.5, 0.6) is 0 Å². The first-order valence-corrected chi connectivity index (χ1v) is 9.19. The van der Waals surface area contributed by atoms with Gasteiger partial charge in [-0.1, -0.05) is 26.0 Å². The average Bonchev–Trinajstić information content (AvgIpc) is 2.55. The van der Waals surface area contributed by atoms with Crippen molar-refractivity contribution in [1.82, 2.24) is 10.2 Å². The first-order valence-electron chi connectivity index (χ1n) is 8.20. The zero-order chi connectivity index (χ0) is 15.8. The number of amides is 1. The third-order valence-electron chi connectivity index (χ3n) is 4.03. The lowest BCUT2D eigenvalue weighted by Crippen LogP contribution is -2.40. The van der Waals surface area contributed by atoms with Gasteiger partial charge in [0.2, 0.25) is 5.91 Å². The number of carbonyl (C=O) groups excluding carboxylic acids is 1. The van der Waals surface area contributed by atoms with Crippen LogP contribution in [-0.2, 0) is 4.79 Å². The zero-order valence-corrected chi connectivity index (χ0v) is 14.5. The Morgan fingerprint density at radius 2 is 2.09 bits per heavy atom. The van der Waals surface area contributed by atoms with Gasteiger partial charge in [-0.15, -0.1) is 11.8 Å². The van der Waals surface area contributed by atoms with Crippen molar-refractivity contribution in [3.05, 3.63) is 24.3 Å². The van der Waals surface area contributed by atoms with Gasteiger partial charge in [0.15, 0.2) is 0 Å². The number of carbonyl (C=O) groups is 1. The topological polar surface area (TPSA) is 35.6 Å². The Morgan fingerprint density at radius 3 is 2.86 bits per heavy atom. The van der Waals surface area contributed by atoms with Gasteiger partial charge >= 0.3 is 0 Å². The van der Waals surface area contributed by atoms with Crippen LogP contribution in [0.3, 0.4) is 0 Å². The van der Waals surface area contributed by atoms with Gasteiger partial charge in [0, 0.05) is 23.7 Å². The van der Waals surface area contributed by atoms with E-state index in [4.69, 9.17) is 0 Å². The van der Waals surface area contributed by atoms with E-state index in [9.17, 15) is 4.79 Å². The van der Waals surface area contributed by atoms with Gasteiger partial charge in [0.25, 0.3) is 0 Å². The van der Waals surface area contributed by atoms with Crippen molar-refractivity contribution in [3.8, 4) is 0 Å². The highest BCUT2D eigenvalue weighted by atomic mass is 32.2. The number of anilines is 1. The molecule has 4 nitrogen and oxygen atoms in total. The van der Waals surface area contributed by atoms with Crippen molar-refractivity contribution in [3.63, 3.8) is 0 Å². The molecule has 0 aromatic heterocycles. The van der Waals surface area contributed by atoms with E-state index in [-0.39, 0.29) is 5.91 Å². The minimum absolute atomic E-state index is 0.126. The highest BCUT2D eigenvalue weighted by Gasteiger charge is 2.18. The second kappa shape index (κ2) is 9.06. The number of benzene rings is 1. The molecule has 0 aliphatic carbocycles. The van der Waals surface area contributed by atoms with E-state index in [0.29, 0.717) is 6.54 Å². The van der Waals surface area contributed by atoms with Gasteiger partial charge in [0.05, 0.1) is 12.2 Å². The average molecular weight is 321 g/mol. The summed E-state index contributed by atoms with van der Waals surface area (Å²) >= 11 is 1.87. The van der Waals surface area contributed by atoms with E-state index in [2.05, 4.69) is 47.2 Å². The molecule has 1 amide bonds. The van der Waals surface area contributed by atoms with Crippen molar-refractivity contribution < 1.29 is 4.79 Å². The van der Waals surface area contributed by atoms with Crippen LogP contribution >= 0.6 is 11.8 Å². The molecular weight excluding hydrogens is 294 g/mol. The minimum Gasteiger partial charge on any atom is -0.360 e. The van der Waals surface area contributed by atoms with Crippen LogP contribution in [-0.4, -0.2) is 55.8 Å². The Labute approximate surface area is 138 Å². The summed E-state index contributed by atoms with van der Waals surface area (Å²) in [5.41, 5.74) is 1.19. The van der Waals surface area contributed by atoms with Gasteiger partial charge in [-0.05, 0) is 38.2 Å².